The number of aromatic carboxylic acids is 1. The SMILES string of the molecule is CC[C@H](C)Oc1cccc(C(=O)Nc2ccc(O)c(C(=O)O)c2)c1. The average molecular weight is 329 g/mol. The molecule has 1 atom stereocenters. The maximum Gasteiger partial charge on any atom is 0.339 e. The molecule has 2 rings (SSSR count). The first-order chi connectivity index (χ1) is 11.4. The Bertz CT molecular complexity index is 757. The number of phenols is 1. The second kappa shape index (κ2) is 7.50. The molecule has 0 unspecified atom stereocenters. The van der Waals surface area contributed by atoms with Gasteiger partial charge in [0.2, 0.25) is 0 Å². The van der Waals surface area contributed by atoms with Gasteiger partial charge in [-0.3, -0.25) is 4.79 Å². The van der Waals surface area contributed by atoms with Gasteiger partial charge >= 0.3 is 5.97 Å². The molecule has 0 saturated heterocycles. The summed E-state index contributed by atoms with van der Waals surface area (Å²) >= 11 is 0. The van der Waals surface area contributed by atoms with Gasteiger partial charge in [-0.2, -0.15) is 0 Å². The number of carboxylic acids is 1. The van der Waals surface area contributed by atoms with Gasteiger partial charge in [0.1, 0.15) is 17.1 Å². The summed E-state index contributed by atoms with van der Waals surface area (Å²) in [5, 5.41) is 21.1. The molecule has 0 fully saturated rings. The van der Waals surface area contributed by atoms with Crippen molar-refractivity contribution in [1.29, 1.82) is 0 Å². The average Bonchev–Trinajstić information content (AvgIpc) is 2.56. The minimum atomic E-state index is -1.27. The van der Waals surface area contributed by atoms with Crippen LogP contribution in [-0.4, -0.2) is 28.2 Å². The van der Waals surface area contributed by atoms with Crippen molar-refractivity contribution in [2.45, 2.75) is 26.4 Å². The van der Waals surface area contributed by atoms with Crippen molar-refractivity contribution >= 4 is 17.6 Å². The third kappa shape index (κ3) is 4.25. The van der Waals surface area contributed by atoms with Crippen LogP contribution in [0.3, 0.4) is 0 Å². The monoisotopic (exact) mass is 329 g/mol. The number of hydrogen-bond acceptors (Lipinski definition) is 4. The highest BCUT2D eigenvalue weighted by Gasteiger charge is 2.13. The highest BCUT2D eigenvalue weighted by molar-refractivity contribution is 6.05. The topological polar surface area (TPSA) is 95.9 Å². The molecule has 6 heteroatoms. The van der Waals surface area contributed by atoms with E-state index in [1.807, 2.05) is 13.8 Å². The maximum absolute atomic E-state index is 12.3. The van der Waals surface area contributed by atoms with Crippen molar-refractivity contribution in [3.8, 4) is 11.5 Å². The normalized spacial score (nSPS) is 11.6. The van der Waals surface area contributed by atoms with Crippen molar-refractivity contribution in [2.75, 3.05) is 5.32 Å². The van der Waals surface area contributed by atoms with Crippen LogP contribution < -0.4 is 10.1 Å². The predicted octanol–water partition coefficient (Wildman–Crippen LogP) is 3.52. The van der Waals surface area contributed by atoms with Crippen LogP contribution in [0.5, 0.6) is 11.5 Å². The minimum absolute atomic E-state index is 0.0403. The van der Waals surface area contributed by atoms with Gasteiger partial charge in [-0.15, -0.1) is 0 Å². The van der Waals surface area contributed by atoms with Crippen molar-refractivity contribution in [2.24, 2.45) is 0 Å². The lowest BCUT2D eigenvalue weighted by Crippen LogP contribution is -2.14. The summed E-state index contributed by atoms with van der Waals surface area (Å²) in [6, 6.07) is 10.6. The number of benzene rings is 2. The highest BCUT2D eigenvalue weighted by Crippen LogP contribution is 2.22. The molecule has 0 heterocycles. The standard InChI is InChI=1S/C18H19NO5/c1-3-11(2)24-14-6-4-5-12(9-14)17(21)19-13-7-8-16(20)15(10-13)18(22)23/h4-11,20H,3H2,1-2H3,(H,19,21)(H,22,23)/t11-/m0/s1. The number of aromatic hydroxyl groups is 1. The molecule has 1 amide bonds. The van der Waals surface area contributed by atoms with Gasteiger partial charge in [0.25, 0.3) is 5.91 Å². The third-order valence-corrected chi connectivity index (χ3v) is 3.49. The summed E-state index contributed by atoms with van der Waals surface area (Å²) in [6.45, 7) is 3.95. The van der Waals surface area contributed by atoms with Gasteiger partial charge in [0.05, 0.1) is 6.10 Å². The lowest BCUT2D eigenvalue weighted by molar-refractivity contribution is 0.0693. The van der Waals surface area contributed by atoms with Crippen LogP contribution in [0.1, 0.15) is 41.0 Å². The lowest BCUT2D eigenvalue weighted by Gasteiger charge is -2.13. The van der Waals surface area contributed by atoms with Crippen LogP contribution in [0, 0.1) is 0 Å². The van der Waals surface area contributed by atoms with E-state index in [1.165, 1.54) is 18.2 Å². The summed E-state index contributed by atoms with van der Waals surface area (Å²) in [4.78, 5) is 23.3. The Morgan fingerprint density at radius 2 is 1.96 bits per heavy atom. The molecule has 126 valence electrons. The zero-order valence-corrected chi connectivity index (χ0v) is 13.4. The third-order valence-electron chi connectivity index (χ3n) is 3.49. The Morgan fingerprint density at radius 1 is 1.21 bits per heavy atom. The number of rotatable bonds is 6. The van der Waals surface area contributed by atoms with Gasteiger partial charge < -0.3 is 20.3 Å². The molecule has 2 aromatic carbocycles. The molecule has 0 aliphatic rings. The van der Waals surface area contributed by atoms with E-state index in [0.29, 0.717) is 11.3 Å². The predicted molar refractivity (Wildman–Crippen MR) is 89.8 cm³/mol. The van der Waals surface area contributed by atoms with Crippen molar-refractivity contribution in [3.05, 3.63) is 53.6 Å². The Hall–Kier alpha value is -3.02. The van der Waals surface area contributed by atoms with E-state index in [-0.39, 0.29) is 23.1 Å². The fourth-order valence-electron chi connectivity index (χ4n) is 2.01. The highest BCUT2D eigenvalue weighted by atomic mass is 16.5. The number of hydrogen-bond donors (Lipinski definition) is 3. The molecule has 0 radical (unpaired) electrons. The zero-order valence-electron chi connectivity index (χ0n) is 13.4. The van der Waals surface area contributed by atoms with E-state index in [2.05, 4.69) is 5.32 Å². The number of anilines is 1. The van der Waals surface area contributed by atoms with Gasteiger partial charge in [-0.25, -0.2) is 4.79 Å². The van der Waals surface area contributed by atoms with Gasteiger partial charge in [0.15, 0.2) is 0 Å². The number of carboxylic acid groups (broad SMARTS) is 1. The number of nitrogens with one attached hydrogen (secondary N) is 1. The minimum Gasteiger partial charge on any atom is -0.507 e. The molecule has 0 spiro atoms. The van der Waals surface area contributed by atoms with E-state index in [4.69, 9.17) is 9.84 Å². The quantitative estimate of drug-likeness (QED) is 0.705. The van der Waals surface area contributed by atoms with E-state index in [9.17, 15) is 14.7 Å². The number of ether oxygens (including phenoxy) is 1. The molecule has 6 nitrogen and oxygen atoms in total. The van der Waals surface area contributed by atoms with E-state index in [1.54, 1.807) is 24.3 Å². The molecule has 0 aliphatic carbocycles. The second-order valence-corrected chi connectivity index (χ2v) is 5.36. The molecule has 0 saturated carbocycles. The van der Waals surface area contributed by atoms with Crippen LogP contribution in [0.4, 0.5) is 5.69 Å². The molecular formula is C18H19NO5. The van der Waals surface area contributed by atoms with Crippen LogP contribution in [0.25, 0.3) is 0 Å². The molecule has 2 aromatic rings. The molecule has 24 heavy (non-hydrogen) atoms. The first kappa shape index (κ1) is 17.3. The summed E-state index contributed by atoms with van der Waals surface area (Å²) in [5.41, 5.74) is 0.394. The van der Waals surface area contributed by atoms with Gasteiger partial charge in [0, 0.05) is 11.3 Å². The Labute approximate surface area is 139 Å². The molecule has 0 aliphatic heterocycles. The number of carbonyl (C=O) groups is 2. The second-order valence-electron chi connectivity index (χ2n) is 5.36. The van der Waals surface area contributed by atoms with Crippen LogP contribution >= 0.6 is 0 Å². The van der Waals surface area contributed by atoms with Crippen LogP contribution in [0.2, 0.25) is 0 Å². The zero-order chi connectivity index (χ0) is 17.7. The van der Waals surface area contributed by atoms with E-state index < -0.39 is 11.9 Å². The summed E-state index contributed by atoms with van der Waals surface area (Å²) in [5.74, 6) is -1.43. The lowest BCUT2D eigenvalue weighted by atomic mass is 10.1. The molecule has 3 N–H and O–H groups in total. The Balaban J connectivity index is 2.17. The number of carbonyl (C=O) groups excluding carboxylic acids is 1. The summed E-state index contributed by atoms with van der Waals surface area (Å²) in [7, 11) is 0. The van der Waals surface area contributed by atoms with Crippen molar-refractivity contribution in [1.82, 2.24) is 0 Å². The smallest absolute Gasteiger partial charge is 0.339 e. The molecule has 0 bridgehead atoms. The van der Waals surface area contributed by atoms with Crippen LogP contribution in [0.15, 0.2) is 42.5 Å². The van der Waals surface area contributed by atoms with Gasteiger partial charge in [-0.05, 0) is 49.7 Å². The first-order valence-electron chi connectivity index (χ1n) is 7.55. The Kier molecular flexibility index (Phi) is 5.42. The molecular weight excluding hydrogens is 310 g/mol. The number of amides is 1. The van der Waals surface area contributed by atoms with Gasteiger partial charge in [-0.1, -0.05) is 13.0 Å². The van der Waals surface area contributed by atoms with E-state index >= 15 is 0 Å². The largest absolute Gasteiger partial charge is 0.507 e. The van der Waals surface area contributed by atoms with Crippen molar-refractivity contribution in [3.63, 3.8) is 0 Å². The van der Waals surface area contributed by atoms with E-state index in [0.717, 1.165) is 6.42 Å². The summed E-state index contributed by atoms with van der Waals surface area (Å²) < 4.78 is 5.68. The first-order valence-corrected chi connectivity index (χ1v) is 7.55. The Morgan fingerprint density at radius 3 is 2.62 bits per heavy atom. The summed E-state index contributed by atoms with van der Waals surface area (Å²) in [6.07, 6.45) is 0.889. The van der Waals surface area contributed by atoms with Crippen LogP contribution in [-0.2, 0) is 0 Å². The van der Waals surface area contributed by atoms with Crippen molar-refractivity contribution < 1.29 is 24.5 Å². The fraction of sp³-hybridized carbons (Fsp3) is 0.222. The fourth-order valence-corrected chi connectivity index (χ4v) is 2.01. The molecule has 0 aromatic heterocycles. The maximum atomic E-state index is 12.3.